The fourth-order valence-corrected chi connectivity index (χ4v) is 2.34. The van der Waals surface area contributed by atoms with Crippen LogP contribution in [-0.4, -0.2) is 13.1 Å². The highest BCUT2D eigenvalue weighted by atomic mass is 35.5. The van der Waals surface area contributed by atoms with Crippen LogP contribution in [0.25, 0.3) is 11.8 Å². The van der Waals surface area contributed by atoms with Crippen LogP contribution in [0.2, 0.25) is 5.02 Å². The smallest absolute Gasteiger partial charge is 0.343 e. The first-order chi connectivity index (χ1) is 10.7. The van der Waals surface area contributed by atoms with E-state index < -0.39 is 0 Å². The van der Waals surface area contributed by atoms with Crippen LogP contribution < -0.4 is 4.74 Å². The number of hydrogen-bond donors (Lipinski definition) is 0. The quantitative estimate of drug-likeness (QED) is 0.625. The summed E-state index contributed by atoms with van der Waals surface area (Å²) < 4.78 is 10.4. The van der Waals surface area contributed by atoms with E-state index >= 15 is 0 Å². The molecule has 0 N–H and O–H groups in total. The van der Waals surface area contributed by atoms with E-state index in [1.165, 1.54) is 0 Å². The average Bonchev–Trinajstić information content (AvgIpc) is 2.91. The first-order valence-electron chi connectivity index (χ1n) is 6.72. The van der Waals surface area contributed by atoms with Crippen LogP contribution in [0.1, 0.15) is 11.1 Å². The van der Waals surface area contributed by atoms with Crippen molar-refractivity contribution >= 4 is 29.4 Å². The zero-order valence-electron chi connectivity index (χ0n) is 11.9. The number of hydrogen-bond acceptors (Lipinski definition) is 3. The van der Waals surface area contributed by atoms with Gasteiger partial charge in [-0.3, -0.25) is 0 Å². The summed E-state index contributed by atoms with van der Waals surface area (Å²) in [6.07, 6.45) is 3.44. The summed E-state index contributed by atoms with van der Waals surface area (Å²) in [5.41, 5.74) is 2.07. The maximum atomic E-state index is 12.0. The minimum Gasteiger partial charge on any atom is -0.497 e. The number of esters is 1. The summed E-state index contributed by atoms with van der Waals surface area (Å²) in [5, 5.41) is 0.592. The molecule has 0 saturated carbocycles. The maximum Gasteiger partial charge on any atom is 0.343 e. The number of methoxy groups -OCH3 is 1. The standard InChI is InChI=1S/C18H13ClO3/c1-21-15-8-6-12(7-9-15)17-11-14(18(20)22-17)10-13-4-2-3-5-16(13)19/h2-11H,1H3/b14-10-. The maximum absolute atomic E-state index is 12.0. The Kier molecular flexibility index (Phi) is 3.98. The van der Waals surface area contributed by atoms with Gasteiger partial charge in [0.05, 0.1) is 12.7 Å². The minimum atomic E-state index is -0.384. The molecule has 0 unspecified atom stereocenters. The van der Waals surface area contributed by atoms with Crippen molar-refractivity contribution in [3.8, 4) is 5.75 Å². The minimum absolute atomic E-state index is 0.384. The van der Waals surface area contributed by atoms with Gasteiger partial charge in [0.15, 0.2) is 0 Å². The largest absolute Gasteiger partial charge is 0.497 e. The van der Waals surface area contributed by atoms with Gasteiger partial charge in [-0.2, -0.15) is 0 Å². The van der Waals surface area contributed by atoms with Crippen molar-refractivity contribution in [2.24, 2.45) is 0 Å². The molecule has 22 heavy (non-hydrogen) atoms. The van der Waals surface area contributed by atoms with E-state index in [0.717, 1.165) is 16.9 Å². The van der Waals surface area contributed by atoms with Crippen molar-refractivity contribution in [1.29, 1.82) is 0 Å². The van der Waals surface area contributed by atoms with Crippen LogP contribution in [0.5, 0.6) is 5.75 Å². The molecule has 0 spiro atoms. The number of carbonyl (C=O) groups is 1. The summed E-state index contributed by atoms with van der Waals surface area (Å²) in [7, 11) is 1.61. The lowest BCUT2D eigenvalue weighted by Gasteiger charge is -2.03. The van der Waals surface area contributed by atoms with Crippen LogP contribution in [0, 0.1) is 0 Å². The van der Waals surface area contributed by atoms with E-state index in [1.807, 2.05) is 42.5 Å². The third-order valence-corrected chi connectivity index (χ3v) is 3.66. The average molecular weight is 313 g/mol. The molecule has 0 amide bonds. The zero-order chi connectivity index (χ0) is 15.5. The van der Waals surface area contributed by atoms with Crippen LogP contribution in [0.3, 0.4) is 0 Å². The number of cyclic esters (lactones) is 1. The van der Waals surface area contributed by atoms with E-state index in [1.54, 1.807) is 25.3 Å². The van der Waals surface area contributed by atoms with Crippen molar-refractivity contribution in [1.82, 2.24) is 0 Å². The van der Waals surface area contributed by atoms with Gasteiger partial charge >= 0.3 is 5.97 Å². The second-order valence-corrected chi connectivity index (χ2v) is 5.16. The van der Waals surface area contributed by atoms with Gasteiger partial charge < -0.3 is 9.47 Å². The summed E-state index contributed by atoms with van der Waals surface area (Å²) in [5.74, 6) is 0.886. The topological polar surface area (TPSA) is 35.5 Å². The number of halogens is 1. The SMILES string of the molecule is COc1ccc(C2=C/C(=C/c3ccccc3Cl)C(=O)O2)cc1. The Morgan fingerprint density at radius 2 is 1.82 bits per heavy atom. The highest BCUT2D eigenvalue weighted by Gasteiger charge is 2.22. The van der Waals surface area contributed by atoms with Crippen molar-refractivity contribution in [2.45, 2.75) is 0 Å². The van der Waals surface area contributed by atoms with Crippen molar-refractivity contribution in [2.75, 3.05) is 7.11 Å². The Balaban J connectivity index is 1.92. The van der Waals surface area contributed by atoms with Crippen LogP contribution in [0.15, 0.2) is 60.2 Å². The highest BCUT2D eigenvalue weighted by molar-refractivity contribution is 6.32. The molecule has 0 fully saturated rings. The van der Waals surface area contributed by atoms with E-state index in [9.17, 15) is 4.79 Å². The second kappa shape index (κ2) is 6.08. The van der Waals surface area contributed by atoms with Crippen molar-refractivity contribution in [3.05, 3.63) is 76.3 Å². The van der Waals surface area contributed by atoms with E-state index in [2.05, 4.69) is 0 Å². The van der Waals surface area contributed by atoms with Gasteiger partial charge in [0.1, 0.15) is 11.5 Å². The number of benzene rings is 2. The van der Waals surface area contributed by atoms with E-state index in [4.69, 9.17) is 21.1 Å². The molecule has 0 saturated heterocycles. The summed E-state index contributed by atoms with van der Waals surface area (Å²) in [4.78, 5) is 12.0. The molecule has 2 aromatic carbocycles. The molecule has 0 atom stereocenters. The Labute approximate surface area is 133 Å². The van der Waals surface area contributed by atoms with Crippen LogP contribution in [-0.2, 0) is 9.53 Å². The summed E-state index contributed by atoms with van der Waals surface area (Å²) >= 11 is 6.11. The molecule has 1 aliphatic rings. The molecular weight excluding hydrogens is 300 g/mol. The summed E-state index contributed by atoms with van der Waals surface area (Å²) in [6, 6.07) is 14.7. The fraction of sp³-hybridized carbons (Fsp3) is 0.0556. The molecular formula is C18H13ClO3. The van der Waals surface area contributed by atoms with Gasteiger partial charge in [-0.25, -0.2) is 4.79 Å². The first kappa shape index (κ1) is 14.4. The Bertz CT molecular complexity index is 773. The molecule has 1 heterocycles. The van der Waals surface area contributed by atoms with Gasteiger partial charge in [0.25, 0.3) is 0 Å². The second-order valence-electron chi connectivity index (χ2n) is 4.75. The van der Waals surface area contributed by atoms with Gasteiger partial charge in [-0.1, -0.05) is 29.8 Å². The lowest BCUT2D eigenvalue weighted by atomic mass is 10.1. The molecule has 0 aliphatic carbocycles. The third kappa shape index (κ3) is 2.90. The normalized spacial score (nSPS) is 15.6. The van der Waals surface area contributed by atoms with Gasteiger partial charge in [-0.05, 0) is 48.0 Å². The molecule has 3 rings (SSSR count). The molecule has 0 radical (unpaired) electrons. The number of carbonyl (C=O) groups excluding carboxylic acids is 1. The molecule has 0 bridgehead atoms. The molecule has 2 aromatic rings. The monoisotopic (exact) mass is 312 g/mol. The molecule has 3 nitrogen and oxygen atoms in total. The fourth-order valence-electron chi connectivity index (χ4n) is 2.15. The van der Waals surface area contributed by atoms with Crippen molar-refractivity contribution in [3.63, 3.8) is 0 Å². The van der Waals surface area contributed by atoms with Gasteiger partial charge in [-0.15, -0.1) is 0 Å². The lowest BCUT2D eigenvalue weighted by Crippen LogP contribution is -1.97. The lowest BCUT2D eigenvalue weighted by molar-refractivity contribution is -0.130. The van der Waals surface area contributed by atoms with Crippen LogP contribution in [0.4, 0.5) is 0 Å². The third-order valence-electron chi connectivity index (χ3n) is 3.32. The Morgan fingerprint density at radius 3 is 2.50 bits per heavy atom. The summed E-state index contributed by atoms with van der Waals surface area (Å²) in [6.45, 7) is 0. The Hall–Kier alpha value is -2.52. The number of rotatable bonds is 3. The van der Waals surface area contributed by atoms with E-state index in [-0.39, 0.29) is 5.97 Å². The zero-order valence-corrected chi connectivity index (χ0v) is 12.6. The predicted octanol–water partition coefficient (Wildman–Crippen LogP) is 4.33. The Morgan fingerprint density at radius 1 is 1.09 bits per heavy atom. The predicted molar refractivity (Wildman–Crippen MR) is 86.5 cm³/mol. The first-order valence-corrected chi connectivity index (χ1v) is 7.10. The number of ether oxygens (including phenoxy) is 2. The van der Waals surface area contributed by atoms with Gasteiger partial charge in [0.2, 0.25) is 0 Å². The highest BCUT2D eigenvalue weighted by Crippen LogP contribution is 2.29. The molecule has 110 valence electrons. The van der Waals surface area contributed by atoms with E-state index in [0.29, 0.717) is 16.4 Å². The van der Waals surface area contributed by atoms with Crippen LogP contribution >= 0.6 is 11.6 Å². The molecule has 0 aromatic heterocycles. The molecule has 4 heteroatoms. The van der Waals surface area contributed by atoms with Gasteiger partial charge in [0, 0.05) is 10.6 Å². The molecule has 1 aliphatic heterocycles. The van der Waals surface area contributed by atoms with Crippen molar-refractivity contribution < 1.29 is 14.3 Å².